The highest BCUT2D eigenvalue weighted by Crippen LogP contribution is 1.66. The number of hydrogen-bond donors (Lipinski definition) is 1. The number of aliphatic imine (C=N–C) groups is 1. The molecule has 8 heavy (non-hydrogen) atoms. The van der Waals surface area contributed by atoms with Gasteiger partial charge in [0.15, 0.2) is 0 Å². The fourth-order valence-corrected chi connectivity index (χ4v) is 0.146. The number of amides is 1. The molecule has 0 aliphatic heterocycles. The second-order valence-corrected chi connectivity index (χ2v) is 1.12. The van der Waals surface area contributed by atoms with Crippen LogP contribution >= 0.6 is 0 Å². The van der Waals surface area contributed by atoms with Crippen molar-refractivity contribution in [2.24, 2.45) is 4.99 Å². The molecule has 0 aliphatic rings. The van der Waals surface area contributed by atoms with Gasteiger partial charge in [0.2, 0.25) is 5.91 Å². The van der Waals surface area contributed by atoms with Crippen molar-refractivity contribution in [3.05, 3.63) is 0 Å². The molecule has 0 atom stereocenters. The lowest BCUT2D eigenvalue weighted by Gasteiger charge is -1.74. The molecule has 44 valence electrons. The third-order valence-electron chi connectivity index (χ3n) is 0.357. The molecule has 0 aromatic carbocycles. The maximum absolute atomic E-state index is 9.89. The first-order valence-corrected chi connectivity index (χ1v) is 1.90. The standard InChI is InChI=1S/C4H5NO3/c1-3(6)5-2-4(7)8/h2H,1H3,(H,7,8)/b5-2-. The Morgan fingerprint density at radius 1 is 1.62 bits per heavy atom. The Morgan fingerprint density at radius 2 is 2.12 bits per heavy atom. The van der Waals surface area contributed by atoms with Crippen LogP contribution in [0.1, 0.15) is 6.92 Å². The van der Waals surface area contributed by atoms with Crippen LogP contribution in [0.3, 0.4) is 0 Å². The summed E-state index contributed by atoms with van der Waals surface area (Å²) in [6, 6.07) is 0. The van der Waals surface area contributed by atoms with Crippen molar-refractivity contribution in [2.75, 3.05) is 0 Å². The van der Waals surface area contributed by atoms with Gasteiger partial charge in [0.1, 0.15) is 6.21 Å². The van der Waals surface area contributed by atoms with Crippen molar-refractivity contribution in [3.8, 4) is 0 Å². The molecule has 0 saturated carbocycles. The maximum Gasteiger partial charge on any atom is 0.347 e. The van der Waals surface area contributed by atoms with E-state index in [1.807, 2.05) is 0 Å². The molecule has 0 aliphatic carbocycles. The summed E-state index contributed by atoms with van der Waals surface area (Å²) in [6.07, 6.45) is 0.558. The fraction of sp³-hybridized carbons (Fsp3) is 0.250. The fourth-order valence-electron chi connectivity index (χ4n) is 0.146. The first-order valence-electron chi connectivity index (χ1n) is 1.90. The van der Waals surface area contributed by atoms with Gasteiger partial charge in [-0.05, 0) is 0 Å². The number of hydrogen-bond acceptors (Lipinski definition) is 2. The van der Waals surface area contributed by atoms with Gasteiger partial charge in [-0.15, -0.1) is 0 Å². The van der Waals surface area contributed by atoms with Crippen molar-refractivity contribution >= 4 is 18.1 Å². The van der Waals surface area contributed by atoms with Crippen LogP contribution in [0.25, 0.3) is 0 Å². The van der Waals surface area contributed by atoms with Crippen molar-refractivity contribution in [1.82, 2.24) is 0 Å². The molecule has 0 unspecified atom stereocenters. The molecule has 1 N–H and O–H groups in total. The van der Waals surface area contributed by atoms with E-state index in [0.717, 1.165) is 0 Å². The van der Waals surface area contributed by atoms with E-state index in [0.29, 0.717) is 6.21 Å². The largest absolute Gasteiger partial charge is 0.477 e. The van der Waals surface area contributed by atoms with Crippen LogP contribution in [0, 0.1) is 0 Å². The van der Waals surface area contributed by atoms with Crippen LogP contribution < -0.4 is 0 Å². The Bertz CT molecular complexity index is 122. The van der Waals surface area contributed by atoms with Gasteiger partial charge in [0, 0.05) is 6.92 Å². The normalized spacial score (nSPS) is 9.62. The summed E-state index contributed by atoms with van der Waals surface area (Å²) in [5, 5.41) is 7.86. The Balaban J connectivity index is 3.67. The summed E-state index contributed by atoms with van der Waals surface area (Å²) in [5.74, 6) is -1.72. The van der Waals surface area contributed by atoms with E-state index in [1.165, 1.54) is 6.92 Å². The summed E-state index contributed by atoms with van der Waals surface area (Å²) in [4.78, 5) is 22.4. The number of aliphatic carboxylic acids is 1. The molecule has 1 amide bonds. The van der Waals surface area contributed by atoms with Crippen LogP contribution in [0.5, 0.6) is 0 Å². The van der Waals surface area contributed by atoms with E-state index in [-0.39, 0.29) is 0 Å². The number of rotatable bonds is 1. The third kappa shape index (κ3) is 4.81. The molecule has 0 radical (unpaired) electrons. The lowest BCUT2D eigenvalue weighted by Crippen LogP contribution is -1.96. The molecular weight excluding hydrogens is 110 g/mol. The van der Waals surface area contributed by atoms with Gasteiger partial charge >= 0.3 is 5.97 Å². The summed E-state index contributed by atoms with van der Waals surface area (Å²) in [6.45, 7) is 1.18. The summed E-state index contributed by atoms with van der Waals surface area (Å²) < 4.78 is 0. The molecule has 0 heterocycles. The second kappa shape index (κ2) is 2.90. The summed E-state index contributed by atoms with van der Waals surface area (Å²) in [5.41, 5.74) is 0. The average molecular weight is 115 g/mol. The Hall–Kier alpha value is -1.19. The Labute approximate surface area is 45.8 Å². The number of carbonyl (C=O) groups excluding carboxylic acids is 1. The number of nitrogens with zero attached hydrogens (tertiary/aromatic N) is 1. The van der Waals surface area contributed by atoms with Gasteiger partial charge in [0.25, 0.3) is 0 Å². The Morgan fingerprint density at radius 3 is 2.25 bits per heavy atom. The van der Waals surface area contributed by atoms with Gasteiger partial charge in [-0.1, -0.05) is 0 Å². The average Bonchev–Trinajstić information content (AvgIpc) is 1.61. The molecular formula is C4H5NO3. The van der Waals surface area contributed by atoms with Crippen LogP contribution in [-0.2, 0) is 9.59 Å². The zero-order valence-corrected chi connectivity index (χ0v) is 4.29. The number of carboxylic acids is 1. The molecule has 0 fully saturated rings. The topological polar surface area (TPSA) is 66.7 Å². The first kappa shape index (κ1) is 6.81. The number of carboxylic acid groups (broad SMARTS) is 1. The quantitative estimate of drug-likeness (QED) is 0.476. The van der Waals surface area contributed by atoms with Gasteiger partial charge in [-0.3, -0.25) is 4.79 Å². The molecule has 0 spiro atoms. The predicted octanol–water partition coefficient (Wildman–Crippen LogP) is -0.312. The minimum atomic E-state index is -1.21. The number of carbonyl (C=O) groups is 2. The van der Waals surface area contributed by atoms with Gasteiger partial charge in [-0.25, -0.2) is 9.79 Å². The van der Waals surface area contributed by atoms with Crippen molar-refractivity contribution in [2.45, 2.75) is 6.92 Å². The van der Waals surface area contributed by atoms with E-state index in [4.69, 9.17) is 5.11 Å². The van der Waals surface area contributed by atoms with Gasteiger partial charge in [-0.2, -0.15) is 0 Å². The Kier molecular flexibility index (Phi) is 2.47. The highest BCUT2D eigenvalue weighted by Gasteiger charge is 1.86. The minimum absolute atomic E-state index is 0.507. The maximum atomic E-state index is 9.89. The third-order valence-corrected chi connectivity index (χ3v) is 0.357. The summed E-state index contributed by atoms with van der Waals surface area (Å²) >= 11 is 0. The van der Waals surface area contributed by atoms with Crippen molar-refractivity contribution in [3.63, 3.8) is 0 Å². The van der Waals surface area contributed by atoms with Crippen LogP contribution in [0.2, 0.25) is 0 Å². The molecule has 0 aromatic heterocycles. The van der Waals surface area contributed by atoms with Crippen LogP contribution in [0.15, 0.2) is 4.99 Å². The van der Waals surface area contributed by atoms with Crippen LogP contribution in [-0.4, -0.2) is 23.2 Å². The minimum Gasteiger partial charge on any atom is -0.477 e. The monoisotopic (exact) mass is 115 g/mol. The molecule has 0 bridgehead atoms. The van der Waals surface area contributed by atoms with E-state index in [9.17, 15) is 9.59 Å². The summed E-state index contributed by atoms with van der Waals surface area (Å²) in [7, 11) is 0. The first-order chi connectivity index (χ1) is 3.63. The van der Waals surface area contributed by atoms with E-state index in [1.54, 1.807) is 0 Å². The zero-order valence-electron chi connectivity index (χ0n) is 4.29. The second-order valence-electron chi connectivity index (χ2n) is 1.12. The van der Waals surface area contributed by atoms with Crippen LogP contribution in [0.4, 0.5) is 0 Å². The molecule has 0 saturated heterocycles. The van der Waals surface area contributed by atoms with E-state index in [2.05, 4.69) is 4.99 Å². The molecule has 4 heteroatoms. The molecule has 4 nitrogen and oxygen atoms in total. The lowest BCUT2D eigenvalue weighted by atomic mass is 10.7. The van der Waals surface area contributed by atoms with Gasteiger partial charge < -0.3 is 5.11 Å². The van der Waals surface area contributed by atoms with E-state index < -0.39 is 11.9 Å². The van der Waals surface area contributed by atoms with Crippen molar-refractivity contribution in [1.29, 1.82) is 0 Å². The van der Waals surface area contributed by atoms with Crippen molar-refractivity contribution < 1.29 is 14.7 Å². The highest BCUT2D eigenvalue weighted by molar-refractivity contribution is 6.24. The van der Waals surface area contributed by atoms with E-state index >= 15 is 0 Å². The smallest absolute Gasteiger partial charge is 0.347 e. The predicted molar refractivity (Wildman–Crippen MR) is 26.8 cm³/mol. The zero-order chi connectivity index (χ0) is 6.57. The van der Waals surface area contributed by atoms with Gasteiger partial charge in [0.05, 0.1) is 0 Å². The lowest BCUT2D eigenvalue weighted by molar-refractivity contribution is -0.129. The molecule has 0 aromatic rings. The SMILES string of the molecule is CC(=O)/N=C\C(=O)O. The highest BCUT2D eigenvalue weighted by atomic mass is 16.4. The molecule has 0 rings (SSSR count).